The zero-order valence-electron chi connectivity index (χ0n) is 9.75. The van der Waals surface area contributed by atoms with E-state index >= 15 is 0 Å². The van der Waals surface area contributed by atoms with Crippen LogP contribution in [0.2, 0.25) is 0 Å². The van der Waals surface area contributed by atoms with E-state index in [1.807, 2.05) is 0 Å². The Morgan fingerprint density at radius 2 is 1.94 bits per heavy atom. The van der Waals surface area contributed by atoms with Crippen LogP contribution in [0.1, 0.15) is 25.7 Å². The SMILES string of the molecule is CN(C)C(=O)CNC(=O)C1(C#N)CCCC1. The van der Waals surface area contributed by atoms with E-state index in [0.717, 1.165) is 12.8 Å². The molecule has 16 heavy (non-hydrogen) atoms. The highest BCUT2D eigenvalue weighted by molar-refractivity contribution is 5.89. The standard InChI is InChI=1S/C11H17N3O2/c1-14(2)9(15)7-13-10(16)11(8-12)5-3-4-6-11/h3-7H2,1-2H3,(H,13,16). The summed E-state index contributed by atoms with van der Waals surface area (Å²) in [5.41, 5.74) is -0.896. The van der Waals surface area contributed by atoms with Gasteiger partial charge >= 0.3 is 0 Å². The predicted octanol–water partition coefficient (Wildman–Crippen LogP) is 0.275. The van der Waals surface area contributed by atoms with Crippen molar-refractivity contribution in [3.05, 3.63) is 0 Å². The van der Waals surface area contributed by atoms with Crippen LogP contribution in [0.5, 0.6) is 0 Å². The third-order valence-electron chi connectivity index (χ3n) is 3.00. The highest BCUT2D eigenvalue weighted by Gasteiger charge is 2.41. The number of amides is 2. The summed E-state index contributed by atoms with van der Waals surface area (Å²) in [6, 6.07) is 2.09. The molecule has 1 fully saturated rings. The van der Waals surface area contributed by atoms with Crippen LogP contribution in [0.4, 0.5) is 0 Å². The first-order chi connectivity index (χ1) is 7.52. The fourth-order valence-corrected chi connectivity index (χ4v) is 1.85. The molecule has 0 aliphatic heterocycles. The lowest BCUT2D eigenvalue weighted by atomic mass is 9.87. The van der Waals surface area contributed by atoms with Crippen molar-refractivity contribution in [2.24, 2.45) is 5.41 Å². The van der Waals surface area contributed by atoms with Gasteiger partial charge in [-0.25, -0.2) is 0 Å². The molecule has 0 saturated heterocycles. The molecule has 5 nitrogen and oxygen atoms in total. The monoisotopic (exact) mass is 223 g/mol. The van der Waals surface area contributed by atoms with Crippen molar-refractivity contribution in [2.75, 3.05) is 20.6 Å². The van der Waals surface area contributed by atoms with Crippen LogP contribution in [-0.2, 0) is 9.59 Å². The number of likely N-dealkylation sites (N-methyl/N-ethyl adjacent to an activating group) is 1. The van der Waals surface area contributed by atoms with Crippen LogP contribution in [0.15, 0.2) is 0 Å². The molecule has 0 radical (unpaired) electrons. The van der Waals surface area contributed by atoms with Gasteiger partial charge in [-0.1, -0.05) is 12.8 Å². The Kier molecular flexibility index (Phi) is 3.88. The van der Waals surface area contributed by atoms with Gasteiger partial charge in [0.05, 0.1) is 12.6 Å². The van der Waals surface area contributed by atoms with Crippen LogP contribution in [-0.4, -0.2) is 37.4 Å². The molecule has 1 saturated carbocycles. The van der Waals surface area contributed by atoms with Gasteiger partial charge in [0.15, 0.2) is 0 Å². The van der Waals surface area contributed by atoms with E-state index in [1.54, 1.807) is 14.1 Å². The Morgan fingerprint density at radius 1 is 1.38 bits per heavy atom. The van der Waals surface area contributed by atoms with Gasteiger partial charge in [-0.15, -0.1) is 0 Å². The second-order valence-electron chi connectivity index (χ2n) is 4.37. The summed E-state index contributed by atoms with van der Waals surface area (Å²) >= 11 is 0. The van der Waals surface area contributed by atoms with Crippen molar-refractivity contribution in [3.8, 4) is 6.07 Å². The quantitative estimate of drug-likeness (QED) is 0.746. The maximum absolute atomic E-state index is 11.8. The highest BCUT2D eigenvalue weighted by atomic mass is 16.2. The van der Waals surface area contributed by atoms with Gasteiger partial charge in [-0.05, 0) is 12.8 Å². The molecule has 0 unspecified atom stereocenters. The lowest BCUT2D eigenvalue weighted by Crippen LogP contribution is -2.43. The molecule has 1 rings (SSSR count). The number of carbonyl (C=O) groups excluding carboxylic acids is 2. The molecule has 0 spiro atoms. The van der Waals surface area contributed by atoms with E-state index in [9.17, 15) is 9.59 Å². The van der Waals surface area contributed by atoms with Gasteiger partial charge in [0, 0.05) is 14.1 Å². The van der Waals surface area contributed by atoms with Crippen molar-refractivity contribution >= 4 is 11.8 Å². The molecule has 1 N–H and O–H groups in total. The molecule has 2 amide bonds. The number of hydrogen-bond donors (Lipinski definition) is 1. The van der Waals surface area contributed by atoms with Gasteiger partial charge in [0.2, 0.25) is 11.8 Å². The largest absolute Gasteiger partial charge is 0.347 e. The first kappa shape index (κ1) is 12.5. The van der Waals surface area contributed by atoms with E-state index in [1.165, 1.54) is 4.90 Å². The minimum absolute atomic E-state index is 0.0325. The second-order valence-corrected chi connectivity index (χ2v) is 4.37. The van der Waals surface area contributed by atoms with Gasteiger partial charge in [0.25, 0.3) is 0 Å². The smallest absolute Gasteiger partial charge is 0.241 e. The summed E-state index contributed by atoms with van der Waals surface area (Å²) in [6.07, 6.45) is 3.02. The summed E-state index contributed by atoms with van der Waals surface area (Å²) in [6.45, 7) is -0.0325. The summed E-state index contributed by atoms with van der Waals surface area (Å²) in [7, 11) is 3.26. The van der Waals surface area contributed by atoms with Crippen molar-refractivity contribution < 1.29 is 9.59 Å². The van der Waals surface area contributed by atoms with Crippen molar-refractivity contribution in [3.63, 3.8) is 0 Å². The van der Waals surface area contributed by atoms with E-state index in [2.05, 4.69) is 11.4 Å². The molecule has 0 atom stereocenters. The van der Waals surface area contributed by atoms with Gasteiger partial charge in [-0.3, -0.25) is 9.59 Å². The fourth-order valence-electron chi connectivity index (χ4n) is 1.85. The number of rotatable bonds is 3. The van der Waals surface area contributed by atoms with Crippen molar-refractivity contribution in [2.45, 2.75) is 25.7 Å². The average Bonchev–Trinajstić information content (AvgIpc) is 2.74. The highest BCUT2D eigenvalue weighted by Crippen LogP contribution is 2.37. The number of carbonyl (C=O) groups is 2. The van der Waals surface area contributed by atoms with Gasteiger partial charge < -0.3 is 10.2 Å². The number of hydrogen-bond acceptors (Lipinski definition) is 3. The lowest BCUT2D eigenvalue weighted by Gasteiger charge is -2.19. The zero-order chi connectivity index (χ0) is 12.2. The van der Waals surface area contributed by atoms with Gasteiger partial charge in [-0.2, -0.15) is 5.26 Å². The molecule has 1 aliphatic rings. The molecule has 0 heterocycles. The van der Waals surface area contributed by atoms with Crippen LogP contribution in [0.25, 0.3) is 0 Å². The summed E-state index contributed by atoms with van der Waals surface area (Å²) < 4.78 is 0. The van der Waals surface area contributed by atoms with Crippen LogP contribution < -0.4 is 5.32 Å². The fraction of sp³-hybridized carbons (Fsp3) is 0.727. The maximum atomic E-state index is 11.8. The Bertz CT molecular complexity index is 325. The molecular weight excluding hydrogens is 206 g/mol. The molecule has 0 aromatic heterocycles. The minimum atomic E-state index is -0.896. The van der Waals surface area contributed by atoms with Crippen molar-refractivity contribution in [1.82, 2.24) is 10.2 Å². The second kappa shape index (κ2) is 4.97. The first-order valence-corrected chi connectivity index (χ1v) is 5.41. The van der Waals surface area contributed by atoms with Crippen LogP contribution >= 0.6 is 0 Å². The number of nitrogens with zero attached hydrogens (tertiary/aromatic N) is 2. The predicted molar refractivity (Wildman–Crippen MR) is 58.2 cm³/mol. The summed E-state index contributed by atoms with van der Waals surface area (Å²) in [4.78, 5) is 24.5. The molecular formula is C11H17N3O2. The minimum Gasteiger partial charge on any atom is -0.347 e. The number of nitrogens with one attached hydrogen (secondary N) is 1. The topological polar surface area (TPSA) is 73.2 Å². The van der Waals surface area contributed by atoms with Gasteiger partial charge in [0.1, 0.15) is 5.41 Å². The van der Waals surface area contributed by atoms with E-state index < -0.39 is 5.41 Å². The summed E-state index contributed by atoms with van der Waals surface area (Å²) in [5, 5.41) is 11.6. The third kappa shape index (κ3) is 2.51. The first-order valence-electron chi connectivity index (χ1n) is 5.41. The van der Waals surface area contributed by atoms with Crippen LogP contribution in [0.3, 0.4) is 0 Å². The summed E-state index contributed by atoms with van der Waals surface area (Å²) in [5.74, 6) is -0.470. The molecule has 0 aromatic rings. The number of nitriles is 1. The Morgan fingerprint density at radius 3 is 2.38 bits per heavy atom. The Hall–Kier alpha value is -1.57. The lowest BCUT2D eigenvalue weighted by molar-refractivity contribution is -0.133. The molecule has 5 heteroatoms. The Balaban J connectivity index is 2.52. The normalized spacial score (nSPS) is 17.6. The average molecular weight is 223 g/mol. The maximum Gasteiger partial charge on any atom is 0.241 e. The molecule has 0 bridgehead atoms. The molecule has 0 aromatic carbocycles. The molecule has 88 valence electrons. The van der Waals surface area contributed by atoms with Crippen LogP contribution in [0, 0.1) is 16.7 Å². The van der Waals surface area contributed by atoms with E-state index in [0.29, 0.717) is 12.8 Å². The van der Waals surface area contributed by atoms with E-state index in [4.69, 9.17) is 5.26 Å². The van der Waals surface area contributed by atoms with E-state index in [-0.39, 0.29) is 18.4 Å². The molecule has 1 aliphatic carbocycles. The Labute approximate surface area is 95.4 Å². The third-order valence-corrected chi connectivity index (χ3v) is 3.00. The zero-order valence-corrected chi connectivity index (χ0v) is 9.75. The van der Waals surface area contributed by atoms with Crippen molar-refractivity contribution in [1.29, 1.82) is 5.26 Å².